The topological polar surface area (TPSA) is 116 Å². The molecule has 4 rings (SSSR count). The van der Waals surface area contributed by atoms with Gasteiger partial charge in [0.25, 0.3) is 11.6 Å². The minimum absolute atomic E-state index is 0.0351. The third-order valence-electron chi connectivity index (χ3n) is 3.92. The normalized spacial score (nSPS) is 10.7. The third kappa shape index (κ3) is 3.99. The Morgan fingerprint density at radius 1 is 1.14 bits per heavy atom. The number of nitrogens with zero attached hydrogens (tertiary/aromatic N) is 5. The Morgan fingerprint density at radius 2 is 1.86 bits per heavy atom. The zero-order valence-corrected chi connectivity index (χ0v) is 15.3. The number of nitro groups is 1. The first-order chi connectivity index (χ1) is 14.0. The van der Waals surface area contributed by atoms with Gasteiger partial charge in [0.15, 0.2) is 5.82 Å². The predicted octanol–water partition coefficient (Wildman–Crippen LogP) is 3.69. The molecule has 2 heterocycles. The molecule has 1 N–H and O–H groups in total. The lowest BCUT2D eigenvalue weighted by molar-refractivity contribution is -0.384. The van der Waals surface area contributed by atoms with Gasteiger partial charge in [-0.2, -0.15) is 14.5 Å². The van der Waals surface area contributed by atoms with Crippen molar-refractivity contribution in [3.63, 3.8) is 0 Å². The number of aromatic nitrogens is 4. The van der Waals surface area contributed by atoms with Crippen molar-refractivity contribution in [2.24, 2.45) is 0 Å². The number of carbonyl (C=O) groups is 1. The van der Waals surface area contributed by atoms with E-state index in [4.69, 9.17) is 0 Å². The van der Waals surface area contributed by atoms with Gasteiger partial charge < -0.3 is 0 Å². The molecular weight excluding hydrogens is 399 g/mol. The second kappa shape index (κ2) is 7.56. The van der Waals surface area contributed by atoms with E-state index in [-0.39, 0.29) is 22.2 Å². The second-order valence-corrected chi connectivity index (χ2v) is 6.58. The van der Waals surface area contributed by atoms with Crippen LogP contribution in [0.25, 0.3) is 17.1 Å². The van der Waals surface area contributed by atoms with E-state index in [9.17, 15) is 19.3 Å². The van der Waals surface area contributed by atoms with Crippen LogP contribution >= 0.6 is 11.5 Å². The molecule has 1 amide bonds. The summed E-state index contributed by atoms with van der Waals surface area (Å²) in [7, 11) is 0. The van der Waals surface area contributed by atoms with E-state index < -0.39 is 10.8 Å². The van der Waals surface area contributed by atoms with Crippen LogP contribution in [0.5, 0.6) is 0 Å². The highest BCUT2D eigenvalue weighted by molar-refractivity contribution is 7.10. The monoisotopic (exact) mass is 410 g/mol. The Hall–Kier alpha value is -3.99. The first-order valence-corrected chi connectivity index (χ1v) is 8.97. The lowest BCUT2D eigenvalue weighted by Crippen LogP contribution is -2.10. The van der Waals surface area contributed by atoms with E-state index in [2.05, 4.69) is 19.8 Å². The molecule has 0 unspecified atom stereocenters. The maximum atomic E-state index is 13.0. The van der Waals surface area contributed by atoms with E-state index >= 15 is 0 Å². The van der Waals surface area contributed by atoms with E-state index in [1.165, 1.54) is 53.5 Å². The molecule has 0 radical (unpaired) electrons. The minimum atomic E-state index is -0.492. The van der Waals surface area contributed by atoms with E-state index in [1.807, 2.05) is 0 Å². The van der Waals surface area contributed by atoms with Crippen LogP contribution in [0.4, 0.5) is 15.2 Å². The second-order valence-electron chi connectivity index (χ2n) is 5.83. The van der Waals surface area contributed by atoms with Crippen molar-refractivity contribution in [1.29, 1.82) is 0 Å². The van der Waals surface area contributed by atoms with Crippen LogP contribution in [-0.4, -0.2) is 30.0 Å². The molecular formula is C18H11FN6O3S. The summed E-state index contributed by atoms with van der Waals surface area (Å²) in [6.45, 7) is 0. The van der Waals surface area contributed by atoms with Gasteiger partial charge in [0.1, 0.15) is 5.82 Å². The first kappa shape index (κ1) is 18.4. The number of benzene rings is 2. The predicted molar refractivity (Wildman–Crippen MR) is 103 cm³/mol. The van der Waals surface area contributed by atoms with Crippen LogP contribution < -0.4 is 5.32 Å². The molecule has 0 saturated carbocycles. The molecule has 4 aromatic rings. The molecule has 0 aliphatic carbocycles. The van der Waals surface area contributed by atoms with Crippen molar-refractivity contribution >= 4 is 28.3 Å². The molecule has 0 atom stereocenters. The fourth-order valence-electron chi connectivity index (χ4n) is 2.47. The number of carbonyl (C=O) groups excluding carboxylic acids is 1. The summed E-state index contributed by atoms with van der Waals surface area (Å²) in [6.07, 6.45) is 2.87. The molecule has 0 bridgehead atoms. The number of hydrogen-bond donors (Lipinski definition) is 1. The summed E-state index contributed by atoms with van der Waals surface area (Å²) in [5.41, 5.74) is 1.45. The molecule has 0 fully saturated rings. The van der Waals surface area contributed by atoms with Gasteiger partial charge in [-0.05, 0) is 36.4 Å². The fraction of sp³-hybridized carbons (Fsp3) is 0. The molecule has 11 heteroatoms. The first-order valence-electron chi connectivity index (χ1n) is 8.20. The molecule has 2 aromatic carbocycles. The van der Waals surface area contributed by atoms with Gasteiger partial charge >= 0.3 is 0 Å². The van der Waals surface area contributed by atoms with Gasteiger partial charge in [0, 0.05) is 35.4 Å². The molecule has 0 aliphatic heterocycles. The van der Waals surface area contributed by atoms with Crippen molar-refractivity contribution in [1.82, 2.24) is 19.1 Å². The van der Waals surface area contributed by atoms with Gasteiger partial charge in [-0.1, -0.05) is 0 Å². The van der Waals surface area contributed by atoms with Crippen LogP contribution in [0, 0.1) is 15.9 Å². The average molecular weight is 410 g/mol. The van der Waals surface area contributed by atoms with Gasteiger partial charge in [0.05, 0.1) is 22.4 Å². The lowest BCUT2D eigenvalue weighted by Gasteiger charge is -2.00. The summed E-state index contributed by atoms with van der Waals surface area (Å²) in [5, 5.41) is 17.8. The number of nitrogens with one attached hydrogen (secondary N) is 1. The Morgan fingerprint density at radius 3 is 2.55 bits per heavy atom. The highest BCUT2D eigenvalue weighted by Crippen LogP contribution is 2.22. The van der Waals surface area contributed by atoms with Crippen LogP contribution in [0.15, 0.2) is 60.9 Å². The number of anilines is 1. The third-order valence-corrected chi connectivity index (χ3v) is 4.55. The van der Waals surface area contributed by atoms with Gasteiger partial charge in [-0.3, -0.25) is 20.2 Å². The number of amides is 1. The van der Waals surface area contributed by atoms with Gasteiger partial charge in [0.2, 0.25) is 5.13 Å². The van der Waals surface area contributed by atoms with Crippen LogP contribution in [0.3, 0.4) is 0 Å². The summed E-state index contributed by atoms with van der Waals surface area (Å²) < 4.78 is 18.6. The van der Waals surface area contributed by atoms with Crippen molar-refractivity contribution < 1.29 is 14.1 Å². The van der Waals surface area contributed by atoms with Crippen molar-refractivity contribution in [2.75, 3.05) is 5.32 Å². The van der Waals surface area contributed by atoms with Crippen molar-refractivity contribution in [3.05, 3.63) is 82.4 Å². The molecule has 9 nitrogen and oxygen atoms in total. The highest BCUT2D eigenvalue weighted by atomic mass is 32.1. The number of non-ortho nitro benzene ring substituents is 1. The zero-order valence-electron chi connectivity index (χ0n) is 14.5. The molecule has 0 spiro atoms. The number of nitro benzene ring substituents is 1. The van der Waals surface area contributed by atoms with Gasteiger partial charge in [-0.25, -0.2) is 9.07 Å². The lowest BCUT2D eigenvalue weighted by atomic mass is 10.2. The van der Waals surface area contributed by atoms with Crippen LogP contribution in [-0.2, 0) is 0 Å². The molecule has 0 saturated heterocycles. The molecule has 144 valence electrons. The maximum absolute atomic E-state index is 13.0. The van der Waals surface area contributed by atoms with Crippen LogP contribution in [0.2, 0.25) is 0 Å². The SMILES string of the molecule is O=C(Nc1nc(-c2ccc(F)cc2)ns1)c1cnn(-c2ccc([N+](=O)[O-])cc2)c1. The number of hydrogen-bond acceptors (Lipinski definition) is 7. The summed E-state index contributed by atoms with van der Waals surface area (Å²) in [5.74, 6) is -0.408. The number of rotatable bonds is 5. The Balaban J connectivity index is 1.47. The Labute approximate surface area is 166 Å². The summed E-state index contributed by atoms with van der Waals surface area (Å²) >= 11 is 1.00. The van der Waals surface area contributed by atoms with Gasteiger partial charge in [-0.15, -0.1) is 0 Å². The Bertz CT molecular complexity index is 1190. The summed E-state index contributed by atoms with van der Waals surface area (Å²) in [4.78, 5) is 26.9. The quantitative estimate of drug-likeness (QED) is 0.396. The molecule has 2 aromatic heterocycles. The average Bonchev–Trinajstić information content (AvgIpc) is 3.38. The van der Waals surface area contributed by atoms with E-state index in [0.717, 1.165) is 11.5 Å². The number of halogens is 1. The zero-order chi connectivity index (χ0) is 20.4. The largest absolute Gasteiger partial charge is 0.296 e. The molecule has 29 heavy (non-hydrogen) atoms. The van der Waals surface area contributed by atoms with Crippen molar-refractivity contribution in [3.8, 4) is 17.1 Å². The minimum Gasteiger partial charge on any atom is -0.296 e. The summed E-state index contributed by atoms with van der Waals surface area (Å²) in [6, 6.07) is 11.5. The smallest absolute Gasteiger partial charge is 0.269 e. The van der Waals surface area contributed by atoms with Crippen LogP contribution in [0.1, 0.15) is 10.4 Å². The standard InChI is InChI=1S/C18H11FN6O3S/c19-13-3-1-11(2-4-13)16-21-18(29-23-16)22-17(26)12-9-20-24(10-12)14-5-7-15(8-6-14)25(27)28/h1-10H,(H,21,22,23,26). The van der Waals surface area contributed by atoms with Crippen molar-refractivity contribution in [2.45, 2.75) is 0 Å². The Kier molecular flexibility index (Phi) is 4.79. The highest BCUT2D eigenvalue weighted by Gasteiger charge is 2.14. The fourth-order valence-corrected chi connectivity index (χ4v) is 3.05. The van der Waals surface area contributed by atoms with E-state index in [0.29, 0.717) is 17.1 Å². The maximum Gasteiger partial charge on any atom is 0.269 e. The molecule has 0 aliphatic rings. The van der Waals surface area contributed by atoms with E-state index in [1.54, 1.807) is 12.1 Å².